The second-order valence-corrected chi connectivity index (χ2v) is 4.21. The molecule has 1 saturated heterocycles. The summed E-state index contributed by atoms with van der Waals surface area (Å²) in [6.45, 7) is 1.76. The van der Waals surface area contributed by atoms with Crippen molar-refractivity contribution in [3.05, 3.63) is 15.0 Å². The van der Waals surface area contributed by atoms with E-state index in [1.54, 1.807) is 11.3 Å². The Labute approximate surface area is 77.7 Å². The van der Waals surface area contributed by atoms with Crippen LogP contribution in [0.5, 0.6) is 0 Å². The molecule has 2 rings (SSSR count). The van der Waals surface area contributed by atoms with Gasteiger partial charge in [0.15, 0.2) is 0 Å². The van der Waals surface area contributed by atoms with Crippen molar-refractivity contribution >= 4 is 27.3 Å². The number of hydrogen-bond acceptors (Lipinski definition) is 3. The topological polar surface area (TPSA) is 22.1 Å². The Hall–Kier alpha value is 0.0700. The lowest BCUT2D eigenvalue weighted by Gasteiger charge is -2.02. The number of aromatic nitrogens is 1. The molecule has 0 amide bonds. The van der Waals surface area contributed by atoms with E-state index in [-0.39, 0.29) is 0 Å². The average Bonchev–Trinajstić information content (AvgIpc) is 2.55. The van der Waals surface area contributed by atoms with E-state index in [1.165, 1.54) is 4.88 Å². The van der Waals surface area contributed by atoms with Crippen molar-refractivity contribution in [1.29, 1.82) is 0 Å². The molecule has 1 unspecified atom stereocenters. The van der Waals surface area contributed by atoms with Crippen LogP contribution in [0.15, 0.2) is 10.1 Å². The van der Waals surface area contributed by atoms with Crippen LogP contribution in [0.4, 0.5) is 0 Å². The smallest absolute Gasteiger partial charge is 0.120 e. The van der Waals surface area contributed by atoms with Crippen molar-refractivity contribution in [1.82, 2.24) is 4.98 Å². The van der Waals surface area contributed by atoms with Crippen LogP contribution in [-0.2, 0) is 4.74 Å². The van der Waals surface area contributed by atoms with Gasteiger partial charge >= 0.3 is 0 Å². The first kappa shape index (κ1) is 7.71. The van der Waals surface area contributed by atoms with Crippen LogP contribution in [0.1, 0.15) is 17.2 Å². The van der Waals surface area contributed by atoms with Crippen LogP contribution in [0, 0.1) is 0 Å². The molecule has 0 saturated carbocycles. The predicted molar refractivity (Wildman–Crippen MR) is 48.0 cm³/mol. The molecular weight excluding hydrogens is 226 g/mol. The Morgan fingerprint density at radius 1 is 1.73 bits per heavy atom. The van der Waals surface area contributed by atoms with Crippen molar-refractivity contribution in [2.75, 3.05) is 13.2 Å². The van der Waals surface area contributed by atoms with Gasteiger partial charge in [-0.3, -0.25) is 0 Å². The fraction of sp³-hybridized carbons (Fsp3) is 0.571. The second-order valence-electron chi connectivity index (χ2n) is 2.57. The number of nitrogens with zero attached hydrogens (tertiary/aromatic N) is 1. The second kappa shape index (κ2) is 3.21. The minimum absolute atomic E-state index is 0.580. The van der Waals surface area contributed by atoms with E-state index >= 15 is 0 Å². The minimum atomic E-state index is 0.580. The van der Waals surface area contributed by atoms with Crippen molar-refractivity contribution in [3.8, 4) is 0 Å². The molecule has 60 valence electrons. The molecule has 0 bridgehead atoms. The fourth-order valence-electron chi connectivity index (χ4n) is 1.25. The zero-order valence-corrected chi connectivity index (χ0v) is 8.32. The molecule has 1 atom stereocenters. The molecule has 1 aliphatic heterocycles. The maximum absolute atomic E-state index is 5.29. The Kier molecular flexibility index (Phi) is 2.25. The Bertz CT molecular complexity index is 244. The van der Waals surface area contributed by atoms with Gasteiger partial charge < -0.3 is 4.74 Å². The molecule has 0 aliphatic carbocycles. The molecule has 4 heteroatoms. The van der Waals surface area contributed by atoms with Crippen molar-refractivity contribution in [2.24, 2.45) is 0 Å². The third-order valence-electron chi connectivity index (χ3n) is 1.85. The minimum Gasteiger partial charge on any atom is -0.381 e. The largest absolute Gasteiger partial charge is 0.381 e. The highest BCUT2D eigenvalue weighted by Gasteiger charge is 2.21. The summed E-state index contributed by atoms with van der Waals surface area (Å²) in [6, 6.07) is 0. The molecule has 2 nitrogen and oxygen atoms in total. The van der Waals surface area contributed by atoms with Crippen LogP contribution in [0.3, 0.4) is 0 Å². The van der Waals surface area contributed by atoms with Gasteiger partial charge in [-0.2, -0.15) is 0 Å². The zero-order chi connectivity index (χ0) is 7.68. The molecular formula is C7H8BrNOS. The third-order valence-corrected chi connectivity index (χ3v) is 3.74. The summed E-state index contributed by atoms with van der Waals surface area (Å²) in [4.78, 5) is 5.48. The summed E-state index contributed by atoms with van der Waals surface area (Å²) in [5, 5.41) is 0. The standard InChI is InChI=1S/C7H8BrNOS/c8-7-6(11-4-9-7)5-1-2-10-3-5/h4-5H,1-3H2. The molecule has 0 N–H and O–H groups in total. The SMILES string of the molecule is Brc1ncsc1C1CCOC1. The molecule has 2 heterocycles. The van der Waals surface area contributed by atoms with Crippen LogP contribution >= 0.6 is 27.3 Å². The Morgan fingerprint density at radius 2 is 2.64 bits per heavy atom. The van der Waals surface area contributed by atoms with Gasteiger partial charge in [0.2, 0.25) is 0 Å². The highest BCUT2D eigenvalue weighted by molar-refractivity contribution is 9.10. The number of halogens is 1. The summed E-state index contributed by atoms with van der Waals surface area (Å²) in [5.74, 6) is 0.580. The van der Waals surface area contributed by atoms with E-state index in [2.05, 4.69) is 20.9 Å². The molecule has 11 heavy (non-hydrogen) atoms. The van der Waals surface area contributed by atoms with E-state index in [0.29, 0.717) is 5.92 Å². The quantitative estimate of drug-likeness (QED) is 0.744. The summed E-state index contributed by atoms with van der Waals surface area (Å²) in [6.07, 6.45) is 1.14. The first-order valence-electron chi connectivity index (χ1n) is 3.54. The summed E-state index contributed by atoms with van der Waals surface area (Å²) >= 11 is 5.13. The maximum atomic E-state index is 5.29. The molecule has 1 aromatic heterocycles. The highest BCUT2D eigenvalue weighted by Crippen LogP contribution is 2.33. The lowest BCUT2D eigenvalue weighted by atomic mass is 10.1. The van der Waals surface area contributed by atoms with Gasteiger partial charge in [0.25, 0.3) is 0 Å². The van der Waals surface area contributed by atoms with Gasteiger partial charge in [0, 0.05) is 17.4 Å². The number of thiazole rings is 1. The summed E-state index contributed by atoms with van der Waals surface area (Å²) in [5.41, 5.74) is 1.87. The number of hydrogen-bond donors (Lipinski definition) is 0. The first-order chi connectivity index (χ1) is 5.38. The van der Waals surface area contributed by atoms with Gasteiger partial charge in [0.05, 0.1) is 12.1 Å². The van der Waals surface area contributed by atoms with Crippen LogP contribution < -0.4 is 0 Å². The van der Waals surface area contributed by atoms with Crippen LogP contribution in [-0.4, -0.2) is 18.2 Å². The fourth-order valence-corrected chi connectivity index (χ4v) is 2.89. The Morgan fingerprint density at radius 3 is 3.18 bits per heavy atom. The van der Waals surface area contributed by atoms with Gasteiger partial charge in [-0.05, 0) is 22.4 Å². The molecule has 0 aromatic carbocycles. The Balaban J connectivity index is 2.21. The predicted octanol–water partition coefficient (Wildman–Crippen LogP) is 2.41. The van der Waals surface area contributed by atoms with Gasteiger partial charge in [0.1, 0.15) is 4.60 Å². The zero-order valence-electron chi connectivity index (χ0n) is 5.92. The van der Waals surface area contributed by atoms with E-state index in [9.17, 15) is 0 Å². The lowest BCUT2D eigenvalue weighted by Crippen LogP contribution is -1.94. The van der Waals surface area contributed by atoms with Crippen LogP contribution in [0.25, 0.3) is 0 Å². The van der Waals surface area contributed by atoms with Crippen molar-refractivity contribution in [3.63, 3.8) is 0 Å². The van der Waals surface area contributed by atoms with Crippen LogP contribution in [0.2, 0.25) is 0 Å². The van der Waals surface area contributed by atoms with Crippen molar-refractivity contribution < 1.29 is 4.74 Å². The van der Waals surface area contributed by atoms with E-state index in [1.807, 2.05) is 5.51 Å². The van der Waals surface area contributed by atoms with Gasteiger partial charge in [-0.15, -0.1) is 11.3 Å². The maximum Gasteiger partial charge on any atom is 0.120 e. The third kappa shape index (κ3) is 1.48. The number of rotatable bonds is 1. The normalized spacial score (nSPS) is 24.3. The first-order valence-corrected chi connectivity index (χ1v) is 5.22. The van der Waals surface area contributed by atoms with E-state index in [0.717, 1.165) is 24.2 Å². The lowest BCUT2D eigenvalue weighted by molar-refractivity contribution is 0.194. The monoisotopic (exact) mass is 233 g/mol. The summed E-state index contributed by atoms with van der Waals surface area (Å²) in [7, 11) is 0. The highest BCUT2D eigenvalue weighted by atomic mass is 79.9. The van der Waals surface area contributed by atoms with E-state index in [4.69, 9.17) is 4.74 Å². The molecule has 1 aromatic rings. The molecule has 1 fully saturated rings. The van der Waals surface area contributed by atoms with E-state index < -0.39 is 0 Å². The van der Waals surface area contributed by atoms with Gasteiger partial charge in [-0.1, -0.05) is 0 Å². The van der Waals surface area contributed by atoms with Gasteiger partial charge in [-0.25, -0.2) is 4.98 Å². The summed E-state index contributed by atoms with van der Waals surface area (Å²) < 4.78 is 6.29. The number of ether oxygens (including phenoxy) is 1. The average molecular weight is 234 g/mol. The molecule has 1 aliphatic rings. The van der Waals surface area contributed by atoms with Crippen molar-refractivity contribution in [2.45, 2.75) is 12.3 Å². The molecule has 0 spiro atoms. The molecule has 0 radical (unpaired) electrons.